The van der Waals surface area contributed by atoms with E-state index in [9.17, 15) is 13.2 Å². The van der Waals surface area contributed by atoms with Crippen LogP contribution < -0.4 is 10.6 Å². The Hall–Kier alpha value is -1.96. The number of rotatable bonds is 4. The first-order valence-electron chi connectivity index (χ1n) is 9.57. The van der Waals surface area contributed by atoms with Crippen molar-refractivity contribution in [3.8, 4) is 0 Å². The van der Waals surface area contributed by atoms with E-state index >= 15 is 0 Å². The second-order valence-electron chi connectivity index (χ2n) is 7.32. The first-order valence-corrected chi connectivity index (χ1v) is 11.0. The molecule has 0 unspecified atom stereocenters. The molecule has 27 heavy (non-hydrogen) atoms. The van der Waals surface area contributed by atoms with E-state index in [2.05, 4.69) is 10.6 Å². The number of hydrogen-bond donors (Lipinski definition) is 2. The quantitative estimate of drug-likeness (QED) is 0.839. The number of amides is 1. The number of hydrogen-bond acceptors (Lipinski definition) is 4. The highest BCUT2D eigenvalue weighted by atomic mass is 32.2. The molecule has 2 aliphatic rings. The van der Waals surface area contributed by atoms with Crippen LogP contribution in [0.25, 0.3) is 10.8 Å². The molecule has 0 aromatic heterocycles. The van der Waals surface area contributed by atoms with Crippen LogP contribution in [0.1, 0.15) is 25.7 Å². The van der Waals surface area contributed by atoms with E-state index in [1.165, 1.54) is 4.31 Å². The molecule has 1 atom stereocenters. The van der Waals surface area contributed by atoms with Crippen molar-refractivity contribution >= 4 is 26.7 Å². The molecular weight excluding hydrogens is 362 g/mol. The molecule has 6 nitrogen and oxygen atoms in total. The molecule has 4 rings (SSSR count). The highest BCUT2D eigenvalue weighted by Crippen LogP contribution is 2.28. The van der Waals surface area contributed by atoms with Gasteiger partial charge < -0.3 is 10.6 Å². The summed E-state index contributed by atoms with van der Waals surface area (Å²) in [4.78, 5) is 13.0. The molecule has 0 aliphatic carbocycles. The normalized spacial score (nSPS) is 22.1. The van der Waals surface area contributed by atoms with Crippen molar-refractivity contribution in [2.75, 3.05) is 19.6 Å². The van der Waals surface area contributed by atoms with Gasteiger partial charge >= 0.3 is 0 Å². The van der Waals surface area contributed by atoms with Crippen LogP contribution in [0, 0.1) is 0 Å². The highest BCUT2D eigenvalue weighted by molar-refractivity contribution is 7.89. The summed E-state index contributed by atoms with van der Waals surface area (Å²) in [5, 5.41) is 8.21. The number of nitrogens with zero attached hydrogens (tertiary/aromatic N) is 1. The lowest BCUT2D eigenvalue weighted by Crippen LogP contribution is -2.50. The molecule has 2 aliphatic heterocycles. The summed E-state index contributed by atoms with van der Waals surface area (Å²) >= 11 is 0. The summed E-state index contributed by atoms with van der Waals surface area (Å²) < 4.78 is 27.8. The van der Waals surface area contributed by atoms with Crippen molar-refractivity contribution in [2.24, 2.45) is 0 Å². The Labute approximate surface area is 160 Å². The van der Waals surface area contributed by atoms with Gasteiger partial charge in [0.05, 0.1) is 4.90 Å². The van der Waals surface area contributed by atoms with E-state index in [1.54, 1.807) is 12.1 Å². The average Bonchev–Trinajstić information content (AvgIpc) is 3.19. The van der Waals surface area contributed by atoms with E-state index in [4.69, 9.17) is 0 Å². The molecule has 2 heterocycles. The van der Waals surface area contributed by atoms with Gasteiger partial charge in [0.25, 0.3) is 0 Å². The SMILES string of the molecule is O=C(NC1CCNCC1)[C@@H]1CCCN1S(=O)(=O)c1ccc2ccccc2c1. The maximum atomic E-state index is 13.2. The molecule has 1 amide bonds. The van der Waals surface area contributed by atoms with E-state index in [0.717, 1.165) is 36.7 Å². The monoisotopic (exact) mass is 387 g/mol. The smallest absolute Gasteiger partial charge is 0.243 e. The van der Waals surface area contributed by atoms with Crippen LogP contribution in [0.2, 0.25) is 0 Å². The van der Waals surface area contributed by atoms with Crippen molar-refractivity contribution in [1.82, 2.24) is 14.9 Å². The van der Waals surface area contributed by atoms with Gasteiger partial charge in [-0.3, -0.25) is 4.79 Å². The number of carbonyl (C=O) groups excluding carboxylic acids is 1. The van der Waals surface area contributed by atoms with E-state index in [-0.39, 0.29) is 16.8 Å². The molecule has 0 spiro atoms. The van der Waals surface area contributed by atoms with Crippen LogP contribution in [0.3, 0.4) is 0 Å². The Morgan fingerprint density at radius 1 is 1.04 bits per heavy atom. The van der Waals surface area contributed by atoms with Gasteiger partial charge in [0, 0.05) is 12.6 Å². The highest BCUT2D eigenvalue weighted by Gasteiger charge is 2.40. The molecule has 2 saturated heterocycles. The zero-order valence-electron chi connectivity index (χ0n) is 15.2. The first-order chi connectivity index (χ1) is 13.1. The van der Waals surface area contributed by atoms with Crippen LogP contribution in [0.15, 0.2) is 47.4 Å². The van der Waals surface area contributed by atoms with E-state index in [0.29, 0.717) is 19.4 Å². The zero-order valence-corrected chi connectivity index (χ0v) is 16.0. The van der Waals surface area contributed by atoms with Crippen molar-refractivity contribution in [3.05, 3.63) is 42.5 Å². The topological polar surface area (TPSA) is 78.5 Å². The minimum absolute atomic E-state index is 0.129. The second kappa shape index (κ2) is 7.58. The first kappa shape index (κ1) is 18.4. The molecule has 2 aromatic rings. The van der Waals surface area contributed by atoms with Crippen molar-refractivity contribution in [1.29, 1.82) is 0 Å². The third-order valence-corrected chi connectivity index (χ3v) is 7.42. The van der Waals surface area contributed by atoms with Gasteiger partial charge in [-0.05, 0) is 61.7 Å². The lowest BCUT2D eigenvalue weighted by atomic mass is 10.1. The Kier molecular flexibility index (Phi) is 5.16. The van der Waals surface area contributed by atoms with Crippen LogP contribution >= 0.6 is 0 Å². The molecule has 0 bridgehead atoms. The fourth-order valence-corrected chi connectivity index (χ4v) is 5.71. The van der Waals surface area contributed by atoms with Gasteiger partial charge in [0.2, 0.25) is 15.9 Å². The molecule has 144 valence electrons. The Balaban J connectivity index is 1.56. The molecule has 7 heteroatoms. The third kappa shape index (κ3) is 3.72. The third-order valence-electron chi connectivity index (χ3n) is 5.52. The Morgan fingerprint density at radius 2 is 1.78 bits per heavy atom. The number of piperidine rings is 1. The number of fused-ring (bicyclic) bond motifs is 1. The molecule has 2 N–H and O–H groups in total. The largest absolute Gasteiger partial charge is 0.352 e. The fraction of sp³-hybridized carbons (Fsp3) is 0.450. The average molecular weight is 388 g/mol. The summed E-state index contributed by atoms with van der Waals surface area (Å²) in [5.41, 5.74) is 0. The molecule has 2 fully saturated rings. The van der Waals surface area contributed by atoms with Crippen LogP contribution in [0.4, 0.5) is 0 Å². The maximum absolute atomic E-state index is 13.2. The predicted molar refractivity (Wildman–Crippen MR) is 105 cm³/mol. The van der Waals surface area contributed by atoms with Crippen molar-refractivity contribution in [3.63, 3.8) is 0 Å². The minimum Gasteiger partial charge on any atom is -0.352 e. The van der Waals surface area contributed by atoms with Gasteiger partial charge in [0.15, 0.2) is 0 Å². The number of nitrogens with one attached hydrogen (secondary N) is 2. The summed E-state index contributed by atoms with van der Waals surface area (Å²) in [6.45, 7) is 2.16. The Bertz CT molecular complexity index is 938. The van der Waals surface area contributed by atoms with Gasteiger partial charge in [-0.15, -0.1) is 0 Å². The summed E-state index contributed by atoms with van der Waals surface area (Å²) in [6, 6.07) is 12.4. The maximum Gasteiger partial charge on any atom is 0.243 e. The van der Waals surface area contributed by atoms with Gasteiger partial charge in [-0.25, -0.2) is 8.42 Å². The summed E-state index contributed by atoms with van der Waals surface area (Å²) in [7, 11) is -3.71. The lowest BCUT2D eigenvalue weighted by molar-refractivity contribution is -0.125. The van der Waals surface area contributed by atoms with E-state index < -0.39 is 16.1 Å². The fourth-order valence-electron chi connectivity index (χ4n) is 4.02. The molecule has 0 radical (unpaired) electrons. The van der Waals surface area contributed by atoms with Crippen molar-refractivity contribution in [2.45, 2.75) is 42.7 Å². The summed E-state index contributed by atoms with van der Waals surface area (Å²) in [6.07, 6.45) is 3.05. The van der Waals surface area contributed by atoms with E-state index in [1.807, 2.05) is 30.3 Å². The van der Waals surface area contributed by atoms with Gasteiger partial charge in [-0.1, -0.05) is 30.3 Å². The van der Waals surface area contributed by atoms with Gasteiger partial charge in [0.1, 0.15) is 6.04 Å². The van der Waals surface area contributed by atoms with Gasteiger partial charge in [-0.2, -0.15) is 4.31 Å². The lowest BCUT2D eigenvalue weighted by Gasteiger charge is -2.28. The van der Waals surface area contributed by atoms with Crippen LogP contribution in [0.5, 0.6) is 0 Å². The number of sulfonamides is 1. The molecule has 2 aromatic carbocycles. The second-order valence-corrected chi connectivity index (χ2v) is 9.21. The molecular formula is C20H25N3O3S. The Morgan fingerprint density at radius 3 is 2.56 bits per heavy atom. The minimum atomic E-state index is -3.71. The molecule has 0 saturated carbocycles. The standard InChI is InChI=1S/C20H25N3O3S/c24-20(22-17-9-11-21-12-10-17)19-6-3-13-23(19)27(25,26)18-8-7-15-4-1-2-5-16(15)14-18/h1-2,4-5,7-8,14,17,19,21H,3,6,9-13H2,(H,22,24)/t19-/m0/s1. The predicted octanol–water partition coefficient (Wildman–Crippen LogP) is 1.86. The van der Waals surface area contributed by atoms with Crippen LogP contribution in [-0.2, 0) is 14.8 Å². The number of carbonyl (C=O) groups is 1. The number of benzene rings is 2. The zero-order chi connectivity index (χ0) is 18.9. The summed E-state index contributed by atoms with van der Waals surface area (Å²) in [5.74, 6) is -0.163. The van der Waals surface area contributed by atoms with Crippen LogP contribution in [-0.4, -0.2) is 50.3 Å². The van der Waals surface area contributed by atoms with Crippen molar-refractivity contribution < 1.29 is 13.2 Å².